The summed E-state index contributed by atoms with van der Waals surface area (Å²) in [4.78, 5) is 0. The second-order valence-corrected chi connectivity index (χ2v) is 3.76. The van der Waals surface area contributed by atoms with Crippen LogP contribution in [-0.4, -0.2) is 18.9 Å². The van der Waals surface area contributed by atoms with E-state index in [9.17, 15) is 30.7 Å². The van der Waals surface area contributed by atoms with E-state index < -0.39 is 23.6 Å². The minimum atomic E-state index is -6.08. The highest BCUT2D eigenvalue weighted by atomic mass is 19.4. The maximum Gasteiger partial charge on any atom is 0.435 e. The second-order valence-electron chi connectivity index (χ2n) is 3.76. The summed E-state index contributed by atoms with van der Waals surface area (Å²) in [5.41, 5.74) is -6.56. The molecule has 1 N–H and O–H groups in total. The van der Waals surface area contributed by atoms with Crippen LogP contribution in [0.2, 0.25) is 0 Å². The molecule has 0 saturated carbocycles. The highest BCUT2D eigenvalue weighted by Gasteiger charge is 2.73. The highest BCUT2D eigenvalue weighted by molar-refractivity contribution is 5.46. The van der Waals surface area contributed by atoms with Crippen molar-refractivity contribution in [1.82, 2.24) is 0 Å². The predicted octanol–water partition coefficient (Wildman–Crippen LogP) is 4.41. The monoisotopic (exact) mass is 289 g/mol. The number of halogens is 7. The van der Waals surface area contributed by atoms with Crippen LogP contribution in [0.3, 0.4) is 0 Å². The van der Waals surface area contributed by atoms with Crippen LogP contribution in [0, 0.1) is 0 Å². The zero-order chi connectivity index (χ0) is 14.9. The lowest BCUT2D eigenvalue weighted by Gasteiger charge is -2.30. The van der Waals surface area contributed by atoms with Crippen LogP contribution < -0.4 is 5.32 Å². The summed E-state index contributed by atoms with van der Waals surface area (Å²) in [6.45, 7) is 2.12. The van der Waals surface area contributed by atoms with Gasteiger partial charge in [-0.2, -0.15) is 26.3 Å². The highest BCUT2D eigenvalue weighted by Crippen LogP contribution is 2.53. The quantitative estimate of drug-likeness (QED) is 0.813. The summed E-state index contributed by atoms with van der Waals surface area (Å²) in [6.07, 6.45) is -12.2. The molecular formula is C11H10F7N. The van der Waals surface area contributed by atoms with Gasteiger partial charge in [-0.25, -0.2) is 4.39 Å². The van der Waals surface area contributed by atoms with Gasteiger partial charge in [-0.05, 0) is 19.1 Å². The van der Waals surface area contributed by atoms with Crippen molar-refractivity contribution in [1.29, 1.82) is 0 Å². The van der Waals surface area contributed by atoms with Crippen LogP contribution in [-0.2, 0) is 5.67 Å². The average Bonchev–Trinajstić information content (AvgIpc) is 2.26. The summed E-state index contributed by atoms with van der Waals surface area (Å²) in [7, 11) is 0. The predicted molar refractivity (Wildman–Crippen MR) is 55.5 cm³/mol. The van der Waals surface area contributed by atoms with Gasteiger partial charge in [0.2, 0.25) is 0 Å². The zero-order valence-electron chi connectivity index (χ0n) is 9.66. The Morgan fingerprint density at radius 3 is 1.58 bits per heavy atom. The topological polar surface area (TPSA) is 12.0 Å². The van der Waals surface area contributed by atoms with Gasteiger partial charge in [-0.15, -0.1) is 0 Å². The molecule has 19 heavy (non-hydrogen) atoms. The van der Waals surface area contributed by atoms with Gasteiger partial charge >= 0.3 is 18.0 Å². The van der Waals surface area contributed by atoms with Crippen LogP contribution >= 0.6 is 0 Å². The van der Waals surface area contributed by atoms with Gasteiger partial charge in [0.05, 0.1) is 0 Å². The fourth-order valence-electron chi connectivity index (χ4n) is 1.51. The Morgan fingerprint density at radius 2 is 1.26 bits per heavy atom. The van der Waals surface area contributed by atoms with Crippen molar-refractivity contribution in [3.8, 4) is 0 Å². The molecule has 1 rings (SSSR count). The van der Waals surface area contributed by atoms with E-state index in [-0.39, 0.29) is 0 Å². The van der Waals surface area contributed by atoms with Gasteiger partial charge in [0.1, 0.15) is 0 Å². The largest absolute Gasteiger partial charge is 0.435 e. The van der Waals surface area contributed by atoms with Crippen molar-refractivity contribution >= 4 is 5.69 Å². The van der Waals surface area contributed by atoms with E-state index in [0.717, 1.165) is 12.1 Å². The summed E-state index contributed by atoms with van der Waals surface area (Å²) in [6, 6.07) is 2.87. The molecule has 0 aliphatic carbocycles. The summed E-state index contributed by atoms with van der Waals surface area (Å²) in [5.74, 6) is 0. The molecule has 0 saturated heterocycles. The van der Waals surface area contributed by atoms with Crippen molar-refractivity contribution in [2.75, 3.05) is 11.9 Å². The zero-order valence-corrected chi connectivity index (χ0v) is 9.66. The lowest BCUT2D eigenvalue weighted by Crippen LogP contribution is -2.50. The van der Waals surface area contributed by atoms with Crippen molar-refractivity contribution in [2.24, 2.45) is 0 Å². The number of rotatable bonds is 3. The summed E-state index contributed by atoms with van der Waals surface area (Å²) in [5, 5.41) is 2.68. The average molecular weight is 289 g/mol. The number of hydrogen-bond donors (Lipinski definition) is 1. The molecule has 1 aromatic carbocycles. The smallest absolute Gasteiger partial charge is 0.385 e. The fourth-order valence-corrected chi connectivity index (χ4v) is 1.51. The van der Waals surface area contributed by atoms with Crippen molar-refractivity contribution in [2.45, 2.75) is 24.9 Å². The molecule has 0 atom stereocenters. The molecule has 1 nitrogen and oxygen atoms in total. The van der Waals surface area contributed by atoms with E-state index in [2.05, 4.69) is 5.32 Å². The molecule has 0 amide bonds. The van der Waals surface area contributed by atoms with Gasteiger partial charge in [0.15, 0.2) is 0 Å². The van der Waals surface area contributed by atoms with E-state index in [4.69, 9.17) is 0 Å². The van der Waals surface area contributed by atoms with Gasteiger partial charge < -0.3 is 5.32 Å². The molecule has 8 heteroatoms. The van der Waals surface area contributed by atoms with Crippen molar-refractivity contribution in [3.63, 3.8) is 0 Å². The summed E-state index contributed by atoms with van der Waals surface area (Å²) < 4.78 is 88.1. The minimum absolute atomic E-state index is 0.304. The maximum atomic E-state index is 13.6. The minimum Gasteiger partial charge on any atom is -0.385 e. The first-order chi connectivity index (χ1) is 8.54. The SMILES string of the molecule is CCNc1ccc(C(F)(C(F)(F)F)C(F)(F)F)cc1. The first-order valence-electron chi connectivity index (χ1n) is 5.20. The van der Waals surface area contributed by atoms with Crippen LogP contribution in [0.1, 0.15) is 12.5 Å². The normalized spacial score (nSPS) is 13.5. The number of nitrogens with one attached hydrogen (secondary N) is 1. The number of benzene rings is 1. The second kappa shape index (κ2) is 4.90. The van der Waals surface area contributed by atoms with Gasteiger partial charge in [0, 0.05) is 17.8 Å². The van der Waals surface area contributed by atoms with Crippen LogP contribution in [0.5, 0.6) is 0 Å². The molecule has 0 heterocycles. The molecule has 0 aliphatic heterocycles. The Kier molecular flexibility index (Phi) is 4.02. The van der Waals surface area contributed by atoms with E-state index in [1.807, 2.05) is 0 Å². The van der Waals surface area contributed by atoms with Crippen molar-refractivity contribution < 1.29 is 30.7 Å². The Balaban J connectivity index is 3.28. The molecule has 1 aromatic rings. The first kappa shape index (κ1) is 15.6. The van der Waals surface area contributed by atoms with Crippen LogP contribution in [0.15, 0.2) is 24.3 Å². The van der Waals surface area contributed by atoms with Crippen LogP contribution in [0.25, 0.3) is 0 Å². The molecule has 0 spiro atoms. The third-order valence-corrected chi connectivity index (χ3v) is 2.44. The fraction of sp³-hybridized carbons (Fsp3) is 0.455. The van der Waals surface area contributed by atoms with Gasteiger partial charge in [-0.1, -0.05) is 12.1 Å². The number of hydrogen-bond acceptors (Lipinski definition) is 1. The first-order valence-corrected chi connectivity index (χ1v) is 5.20. The molecular weight excluding hydrogens is 279 g/mol. The molecule has 0 bridgehead atoms. The Hall–Kier alpha value is -1.47. The van der Waals surface area contributed by atoms with E-state index in [1.165, 1.54) is 0 Å². The molecule has 0 aromatic heterocycles. The molecule has 0 aliphatic rings. The van der Waals surface area contributed by atoms with Gasteiger partial charge in [0.25, 0.3) is 0 Å². The molecule has 0 radical (unpaired) electrons. The Morgan fingerprint density at radius 1 is 0.842 bits per heavy atom. The lowest BCUT2D eigenvalue weighted by atomic mass is 9.94. The maximum absolute atomic E-state index is 13.6. The van der Waals surface area contributed by atoms with E-state index in [1.54, 1.807) is 6.92 Å². The Labute approximate surface area is 104 Å². The third-order valence-electron chi connectivity index (χ3n) is 2.44. The van der Waals surface area contributed by atoms with Gasteiger partial charge in [-0.3, -0.25) is 0 Å². The standard InChI is InChI=1S/C11H10F7N/c1-2-19-8-5-3-7(4-6-8)9(12,10(13,14)15)11(16,17)18/h3-6,19H,2H2,1H3. The molecule has 0 fully saturated rings. The summed E-state index contributed by atoms with van der Waals surface area (Å²) >= 11 is 0. The number of alkyl halides is 7. The van der Waals surface area contributed by atoms with E-state index >= 15 is 0 Å². The molecule has 0 unspecified atom stereocenters. The van der Waals surface area contributed by atoms with E-state index in [0.29, 0.717) is 24.4 Å². The van der Waals surface area contributed by atoms with Crippen molar-refractivity contribution in [3.05, 3.63) is 29.8 Å². The number of anilines is 1. The van der Waals surface area contributed by atoms with Crippen LogP contribution in [0.4, 0.5) is 36.4 Å². The Bertz CT molecular complexity index is 404. The molecule has 108 valence electrons. The lowest BCUT2D eigenvalue weighted by molar-refractivity contribution is -0.348. The third kappa shape index (κ3) is 2.76.